The van der Waals surface area contributed by atoms with E-state index in [2.05, 4.69) is 25.7 Å². The Bertz CT molecular complexity index is 436. The molecule has 0 aliphatic heterocycles. The Balaban J connectivity index is 2.24. The number of carbonyl (C=O) groups excluding carboxylic acids is 1. The summed E-state index contributed by atoms with van der Waals surface area (Å²) in [5.74, 6) is 0.619. The van der Waals surface area contributed by atoms with Crippen LogP contribution in [-0.2, 0) is 6.42 Å². The van der Waals surface area contributed by atoms with E-state index in [1.165, 1.54) is 25.7 Å². The highest BCUT2D eigenvalue weighted by molar-refractivity contribution is 7.17. The molecular weight excluding hydrogens is 268 g/mol. The number of aldehydes is 1. The summed E-state index contributed by atoms with van der Waals surface area (Å²) in [7, 11) is 0. The highest BCUT2D eigenvalue weighted by atomic mass is 32.1. The van der Waals surface area contributed by atoms with Gasteiger partial charge in [0, 0.05) is 12.6 Å². The molecule has 2 rings (SSSR count). The third-order valence-corrected chi connectivity index (χ3v) is 4.94. The summed E-state index contributed by atoms with van der Waals surface area (Å²) in [5, 5.41) is 1.07. The zero-order valence-corrected chi connectivity index (χ0v) is 13.7. The minimum Gasteiger partial charge on any atom is -0.345 e. The molecule has 1 aliphatic carbocycles. The van der Waals surface area contributed by atoms with Gasteiger partial charge in [-0.15, -0.1) is 0 Å². The van der Waals surface area contributed by atoms with Crippen molar-refractivity contribution in [2.75, 3.05) is 11.4 Å². The minimum atomic E-state index is 0.619. The van der Waals surface area contributed by atoms with Crippen molar-refractivity contribution in [2.24, 2.45) is 5.92 Å². The molecule has 0 spiro atoms. The Morgan fingerprint density at radius 2 is 2.10 bits per heavy atom. The van der Waals surface area contributed by atoms with Gasteiger partial charge in [0.05, 0.1) is 10.6 Å². The van der Waals surface area contributed by atoms with Gasteiger partial charge in [0.25, 0.3) is 0 Å². The zero-order chi connectivity index (χ0) is 14.5. The number of rotatable bonds is 7. The molecule has 1 heterocycles. The molecule has 112 valence electrons. The molecule has 0 aromatic carbocycles. The highest BCUT2D eigenvalue weighted by Gasteiger charge is 2.26. The van der Waals surface area contributed by atoms with Crippen molar-refractivity contribution < 1.29 is 4.79 Å². The second-order valence-corrected chi connectivity index (χ2v) is 7.17. The number of nitrogens with zero attached hydrogens (tertiary/aromatic N) is 2. The highest BCUT2D eigenvalue weighted by Crippen LogP contribution is 2.33. The first kappa shape index (κ1) is 15.5. The Morgan fingerprint density at radius 3 is 2.65 bits per heavy atom. The van der Waals surface area contributed by atoms with Gasteiger partial charge in [-0.1, -0.05) is 51.4 Å². The average molecular weight is 294 g/mol. The van der Waals surface area contributed by atoms with Crippen molar-refractivity contribution in [1.82, 2.24) is 4.98 Å². The van der Waals surface area contributed by atoms with Crippen LogP contribution < -0.4 is 4.90 Å². The van der Waals surface area contributed by atoms with Gasteiger partial charge in [-0.2, -0.15) is 0 Å². The molecule has 0 N–H and O–H groups in total. The summed E-state index contributed by atoms with van der Waals surface area (Å²) >= 11 is 1.58. The summed E-state index contributed by atoms with van der Waals surface area (Å²) < 4.78 is 0. The quantitative estimate of drug-likeness (QED) is 0.702. The van der Waals surface area contributed by atoms with E-state index >= 15 is 0 Å². The maximum Gasteiger partial charge on any atom is 0.186 e. The Hall–Kier alpha value is -0.900. The molecule has 0 radical (unpaired) electrons. The first-order valence-electron chi connectivity index (χ1n) is 7.87. The van der Waals surface area contributed by atoms with Crippen LogP contribution in [0, 0.1) is 5.92 Å². The fourth-order valence-corrected chi connectivity index (χ4v) is 3.98. The van der Waals surface area contributed by atoms with E-state index in [1.807, 2.05) is 0 Å². The molecule has 0 bridgehead atoms. The molecule has 0 amide bonds. The number of hydrogen-bond acceptors (Lipinski definition) is 4. The van der Waals surface area contributed by atoms with Crippen molar-refractivity contribution in [2.45, 2.75) is 65.3 Å². The monoisotopic (exact) mass is 294 g/mol. The van der Waals surface area contributed by atoms with Crippen LogP contribution in [0.25, 0.3) is 0 Å². The largest absolute Gasteiger partial charge is 0.345 e. The van der Waals surface area contributed by atoms with E-state index in [0.717, 1.165) is 41.4 Å². The van der Waals surface area contributed by atoms with Gasteiger partial charge in [0.2, 0.25) is 0 Å². The van der Waals surface area contributed by atoms with E-state index in [9.17, 15) is 4.79 Å². The maximum absolute atomic E-state index is 11.2. The summed E-state index contributed by atoms with van der Waals surface area (Å²) in [4.78, 5) is 19.3. The fraction of sp³-hybridized carbons (Fsp3) is 0.750. The molecule has 1 aromatic rings. The second-order valence-electron chi connectivity index (χ2n) is 6.16. The van der Waals surface area contributed by atoms with E-state index in [-0.39, 0.29) is 0 Å². The fourth-order valence-electron chi connectivity index (χ4n) is 2.97. The summed E-state index contributed by atoms with van der Waals surface area (Å²) in [6.07, 6.45) is 8.12. The van der Waals surface area contributed by atoms with Crippen molar-refractivity contribution in [3.8, 4) is 0 Å². The van der Waals surface area contributed by atoms with Gasteiger partial charge in [-0.25, -0.2) is 4.98 Å². The van der Waals surface area contributed by atoms with Gasteiger partial charge in [0.15, 0.2) is 11.4 Å². The van der Waals surface area contributed by atoms with E-state index in [4.69, 9.17) is 4.98 Å². The minimum absolute atomic E-state index is 0.619. The van der Waals surface area contributed by atoms with Crippen LogP contribution in [0.3, 0.4) is 0 Å². The smallest absolute Gasteiger partial charge is 0.186 e. The number of anilines is 1. The Kier molecular flexibility index (Phi) is 5.58. The predicted molar refractivity (Wildman–Crippen MR) is 85.9 cm³/mol. The van der Waals surface area contributed by atoms with Crippen LogP contribution in [0.15, 0.2) is 0 Å². The van der Waals surface area contributed by atoms with Gasteiger partial charge < -0.3 is 4.90 Å². The first-order chi connectivity index (χ1) is 9.65. The van der Waals surface area contributed by atoms with Gasteiger partial charge in [0.1, 0.15) is 0 Å². The van der Waals surface area contributed by atoms with Gasteiger partial charge in [-0.3, -0.25) is 4.79 Å². The number of carbonyl (C=O) groups is 1. The molecule has 4 heteroatoms. The summed E-state index contributed by atoms with van der Waals surface area (Å²) in [6, 6.07) is 0.623. The predicted octanol–water partition coefficient (Wildman–Crippen LogP) is 4.31. The molecular formula is C16H26N2OS. The van der Waals surface area contributed by atoms with Crippen LogP contribution in [-0.4, -0.2) is 23.9 Å². The van der Waals surface area contributed by atoms with E-state index < -0.39 is 0 Å². The number of aryl methyl sites for hydroxylation is 1. The van der Waals surface area contributed by atoms with Crippen LogP contribution in [0.2, 0.25) is 0 Å². The third kappa shape index (κ3) is 3.60. The standard InChI is InChI=1S/C16H26N2OS/c1-4-7-14-15(11-19)20-16(17-14)18(10-12(2)3)13-8-5-6-9-13/h11-13H,4-10H2,1-3H3. The topological polar surface area (TPSA) is 33.2 Å². The number of hydrogen-bond donors (Lipinski definition) is 0. The molecule has 0 atom stereocenters. The van der Waals surface area contributed by atoms with E-state index in [1.54, 1.807) is 11.3 Å². The van der Waals surface area contributed by atoms with Crippen molar-refractivity contribution in [3.05, 3.63) is 10.6 Å². The lowest BCUT2D eigenvalue weighted by Gasteiger charge is -2.30. The number of thiazole rings is 1. The lowest BCUT2D eigenvalue weighted by molar-refractivity contribution is 0.112. The molecule has 1 aromatic heterocycles. The Morgan fingerprint density at radius 1 is 1.40 bits per heavy atom. The molecule has 1 fully saturated rings. The molecule has 0 unspecified atom stereocenters. The Labute approximate surface area is 126 Å². The van der Waals surface area contributed by atoms with Crippen LogP contribution in [0.5, 0.6) is 0 Å². The van der Waals surface area contributed by atoms with Gasteiger partial charge in [-0.05, 0) is 25.2 Å². The van der Waals surface area contributed by atoms with E-state index in [0.29, 0.717) is 12.0 Å². The zero-order valence-electron chi connectivity index (χ0n) is 12.9. The van der Waals surface area contributed by atoms with Crippen LogP contribution in [0.4, 0.5) is 5.13 Å². The summed E-state index contributed by atoms with van der Waals surface area (Å²) in [5.41, 5.74) is 0.995. The number of aromatic nitrogens is 1. The maximum atomic E-state index is 11.2. The first-order valence-corrected chi connectivity index (χ1v) is 8.68. The van der Waals surface area contributed by atoms with Gasteiger partial charge >= 0.3 is 0 Å². The molecule has 1 saturated carbocycles. The molecule has 0 saturated heterocycles. The molecule has 3 nitrogen and oxygen atoms in total. The summed E-state index contributed by atoms with van der Waals surface area (Å²) in [6.45, 7) is 7.69. The second kappa shape index (κ2) is 7.21. The molecule has 1 aliphatic rings. The normalized spacial score (nSPS) is 16.0. The lowest BCUT2D eigenvalue weighted by Crippen LogP contribution is -2.36. The van der Waals surface area contributed by atoms with Crippen molar-refractivity contribution >= 4 is 22.8 Å². The SMILES string of the molecule is CCCc1nc(N(CC(C)C)C2CCCC2)sc1C=O. The average Bonchev–Trinajstić information content (AvgIpc) is 3.05. The lowest BCUT2D eigenvalue weighted by atomic mass is 10.1. The van der Waals surface area contributed by atoms with Crippen LogP contribution >= 0.6 is 11.3 Å². The van der Waals surface area contributed by atoms with Crippen molar-refractivity contribution in [3.63, 3.8) is 0 Å². The van der Waals surface area contributed by atoms with Crippen LogP contribution in [0.1, 0.15) is 68.2 Å². The third-order valence-electron chi connectivity index (χ3n) is 3.88. The molecule has 20 heavy (non-hydrogen) atoms. The van der Waals surface area contributed by atoms with Crippen molar-refractivity contribution in [1.29, 1.82) is 0 Å².